The fourth-order valence-corrected chi connectivity index (χ4v) is 3.84. The van der Waals surface area contributed by atoms with E-state index in [2.05, 4.69) is 65.3 Å². The van der Waals surface area contributed by atoms with Crippen molar-refractivity contribution in [2.45, 2.75) is 33.4 Å². The van der Waals surface area contributed by atoms with E-state index in [9.17, 15) is 0 Å². The lowest BCUT2D eigenvalue weighted by molar-refractivity contribution is 0.173. The number of nitrogens with zero attached hydrogens (tertiary/aromatic N) is 4. The Kier molecular flexibility index (Phi) is 5.94. The Morgan fingerprint density at radius 2 is 1.81 bits per heavy atom. The summed E-state index contributed by atoms with van der Waals surface area (Å²) < 4.78 is 1.98. The zero-order valence-corrected chi connectivity index (χ0v) is 17.0. The standard InChI is InChI=1S/C20H29N5S/c1-15(18-8-6-5-7-9-18)21-20(26)25-12-10-24(11-13-25)14-19-16(2)22-23(4)17(19)3/h5-9,15H,10-14H2,1-4H3,(H,21,26). The van der Waals surface area contributed by atoms with Gasteiger partial charge < -0.3 is 10.2 Å². The molecule has 3 rings (SSSR count). The van der Waals surface area contributed by atoms with Crippen molar-refractivity contribution < 1.29 is 0 Å². The van der Waals surface area contributed by atoms with Crippen molar-refractivity contribution in [3.8, 4) is 0 Å². The van der Waals surface area contributed by atoms with Crippen LogP contribution in [0.5, 0.6) is 0 Å². The molecule has 1 unspecified atom stereocenters. The molecule has 1 aliphatic rings. The maximum absolute atomic E-state index is 5.65. The topological polar surface area (TPSA) is 36.3 Å². The highest BCUT2D eigenvalue weighted by Gasteiger charge is 2.22. The molecule has 0 amide bonds. The highest BCUT2D eigenvalue weighted by molar-refractivity contribution is 7.80. The van der Waals surface area contributed by atoms with Crippen LogP contribution in [0.2, 0.25) is 0 Å². The van der Waals surface area contributed by atoms with E-state index in [0.29, 0.717) is 0 Å². The van der Waals surface area contributed by atoms with Crippen molar-refractivity contribution in [3.05, 3.63) is 52.8 Å². The number of aryl methyl sites for hydroxylation is 2. The Hall–Kier alpha value is -1.92. The number of piperazine rings is 1. The first-order valence-corrected chi connectivity index (χ1v) is 9.68. The smallest absolute Gasteiger partial charge is 0.169 e. The maximum Gasteiger partial charge on any atom is 0.169 e. The van der Waals surface area contributed by atoms with E-state index in [4.69, 9.17) is 12.2 Å². The van der Waals surface area contributed by atoms with Crippen molar-refractivity contribution in [3.63, 3.8) is 0 Å². The van der Waals surface area contributed by atoms with Gasteiger partial charge in [0.15, 0.2) is 5.11 Å². The first-order valence-electron chi connectivity index (χ1n) is 9.27. The second-order valence-corrected chi connectivity index (χ2v) is 7.50. The van der Waals surface area contributed by atoms with Gasteiger partial charge in [0.05, 0.1) is 11.7 Å². The van der Waals surface area contributed by atoms with Gasteiger partial charge in [0.1, 0.15) is 0 Å². The zero-order valence-electron chi connectivity index (χ0n) is 16.2. The fraction of sp³-hybridized carbons (Fsp3) is 0.500. The summed E-state index contributed by atoms with van der Waals surface area (Å²) in [5.41, 5.74) is 5.02. The normalized spacial score (nSPS) is 16.5. The minimum Gasteiger partial charge on any atom is -0.356 e. The minimum atomic E-state index is 0.224. The Labute approximate surface area is 162 Å². The van der Waals surface area contributed by atoms with Gasteiger partial charge in [0, 0.05) is 51.0 Å². The predicted molar refractivity (Wildman–Crippen MR) is 110 cm³/mol. The first kappa shape index (κ1) is 18.9. The average molecular weight is 372 g/mol. The molecule has 140 valence electrons. The van der Waals surface area contributed by atoms with Gasteiger partial charge in [-0.25, -0.2) is 0 Å². The Morgan fingerprint density at radius 1 is 1.15 bits per heavy atom. The number of thiocarbonyl (C=S) groups is 1. The van der Waals surface area contributed by atoms with E-state index in [0.717, 1.165) is 43.5 Å². The third-order valence-corrected chi connectivity index (χ3v) is 5.72. The summed E-state index contributed by atoms with van der Waals surface area (Å²) in [5.74, 6) is 0. The molecular weight excluding hydrogens is 342 g/mol. The molecule has 5 nitrogen and oxygen atoms in total. The summed E-state index contributed by atoms with van der Waals surface area (Å²) in [4.78, 5) is 4.78. The van der Waals surface area contributed by atoms with Crippen LogP contribution in [0, 0.1) is 13.8 Å². The molecule has 6 heteroatoms. The average Bonchev–Trinajstić information content (AvgIpc) is 2.89. The van der Waals surface area contributed by atoms with Crippen LogP contribution in [0.15, 0.2) is 30.3 Å². The van der Waals surface area contributed by atoms with Crippen LogP contribution >= 0.6 is 12.2 Å². The molecule has 0 saturated carbocycles. The molecule has 0 spiro atoms. The van der Waals surface area contributed by atoms with E-state index < -0.39 is 0 Å². The second kappa shape index (κ2) is 8.18. The Bertz CT molecular complexity index is 747. The summed E-state index contributed by atoms with van der Waals surface area (Å²) >= 11 is 5.65. The molecule has 1 fully saturated rings. The zero-order chi connectivity index (χ0) is 18.7. The van der Waals surface area contributed by atoms with Gasteiger partial charge in [-0.15, -0.1) is 0 Å². The van der Waals surface area contributed by atoms with Crippen molar-refractivity contribution in [2.75, 3.05) is 26.2 Å². The van der Waals surface area contributed by atoms with Gasteiger partial charge in [-0.3, -0.25) is 9.58 Å². The van der Waals surface area contributed by atoms with Gasteiger partial charge in [0.2, 0.25) is 0 Å². The molecule has 1 aromatic heterocycles. The van der Waals surface area contributed by atoms with E-state index in [1.54, 1.807) is 0 Å². The van der Waals surface area contributed by atoms with Crippen molar-refractivity contribution in [1.82, 2.24) is 24.9 Å². The lowest BCUT2D eigenvalue weighted by atomic mass is 10.1. The van der Waals surface area contributed by atoms with E-state index in [-0.39, 0.29) is 6.04 Å². The summed E-state index contributed by atoms with van der Waals surface area (Å²) in [6.45, 7) is 11.4. The SMILES string of the molecule is Cc1nn(C)c(C)c1CN1CCN(C(=S)NC(C)c2ccccc2)CC1. The molecule has 1 aliphatic heterocycles. The Balaban J connectivity index is 1.51. The van der Waals surface area contributed by atoms with Crippen LogP contribution in [0.3, 0.4) is 0 Å². The summed E-state index contributed by atoms with van der Waals surface area (Å²) in [7, 11) is 2.02. The van der Waals surface area contributed by atoms with Gasteiger partial charge in [0.25, 0.3) is 0 Å². The highest BCUT2D eigenvalue weighted by Crippen LogP contribution is 2.17. The Morgan fingerprint density at radius 3 is 2.38 bits per heavy atom. The first-order chi connectivity index (χ1) is 12.5. The molecule has 0 bridgehead atoms. The van der Waals surface area contributed by atoms with Gasteiger partial charge in [-0.05, 0) is 38.6 Å². The molecule has 1 N–H and O–H groups in total. The van der Waals surface area contributed by atoms with Crippen LogP contribution in [0.1, 0.15) is 35.5 Å². The summed E-state index contributed by atoms with van der Waals surface area (Å²) in [6.07, 6.45) is 0. The number of nitrogens with one attached hydrogen (secondary N) is 1. The van der Waals surface area contributed by atoms with Gasteiger partial charge >= 0.3 is 0 Å². The van der Waals surface area contributed by atoms with Crippen LogP contribution in [-0.4, -0.2) is 50.9 Å². The van der Waals surface area contributed by atoms with E-state index in [1.165, 1.54) is 16.8 Å². The third kappa shape index (κ3) is 4.24. The third-order valence-electron chi connectivity index (χ3n) is 5.34. The molecule has 2 heterocycles. The molecule has 2 aromatic rings. The highest BCUT2D eigenvalue weighted by atomic mass is 32.1. The lowest BCUT2D eigenvalue weighted by Gasteiger charge is -2.37. The van der Waals surface area contributed by atoms with Crippen molar-refractivity contribution in [1.29, 1.82) is 0 Å². The molecule has 26 heavy (non-hydrogen) atoms. The summed E-state index contributed by atoms with van der Waals surface area (Å²) in [5, 5.41) is 8.86. The number of benzene rings is 1. The van der Waals surface area contributed by atoms with Crippen LogP contribution in [0.25, 0.3) is 0 Å². The molecular formula is C20H29N5S. The molecule has 0 radical (unpaired) electrons. The van der Waals surface area contributed by atoms with E-state index >= 15 is 0 Å². The largest absolute Gasteiger partial charge is 0.356 e. The minimum absolute atomic E-state index is 0.224. The lowest BCUT2D eigenvalue weighted by Crippen LogP contribution is -2.51. The molecule has 1 atom stereocenters. The maximum atomic E-state index is 5.65. The van der Waals surface area contributed by atoms with Crippen LogP contribution < -0.4 is 5.32 Å². The van der Waals surface area contributed by atoms with Crippen LogP contribution in [-0.2, 0) is 13.6 Å². The quantitative estimate of drug-likeness (QED) is 0.837. The summed E-state index contributed by atoms with van der Waals surface area (Å²) in [6, 6.07) is 10.7. The monoisotopic (exact) mass is 371 g/mol. The van der Waals surface area contributed by atoms with Crippen molar-refractivity contribution in [2.24, 2.45) is 7.05 Å². The van der Waals surface area contributed by atoms with E-state index in [1.807, 2.05) is 17.8 Å². The predicted octanol–water partition coefficient (Wildman–Crippen LogP) is 2.79. The molecule has 0 aliphatic carbocycles. The van der Waals surface area contributed by atoms with Crippen LogP contribution in [0.4, 0.5) is 0 Å². The molecule has 1 aromatic carbocycles. The fourth-order valence-electron chi connectivity index (χ4n) is 3.48. The van der Waals surface area contributed by atoms with Gasteiger partial charge in [-0.2, -0.15) is 5.10 Å². The number of aromatic nitrogens is 2. The second-order valence-electron chi connectivity index (χ2n) is 7.12. The number of hydrogen-bond acceptors (Lipinski definition) is 3. The molecule has 1 saturated heterocycles. The van der Waals surface area contributed by atoms with Crippen molar-refractivity contribution >= 4 is 17.3 Å². The van der Waals surface area contributed by atoms with Gasteiger partial charge in [-0.1, -0.05) is 30.3 Å². The number of hydrogen-bond donors (Lipinski definition) is 1. The number of rotatable bonds is 4.